The Hall–Kier alpha value is -2.86. The van der Waals surface area contributed by atoms with Gasteiger partial charge < -0.3 is 10.2 Å². The highest BCUT2D eigenvalue weighted by Crippen LogP contribution is 2.45. The standard InChI is InChI=1S/C25H24F4O2/c1-23(2,21-14-20(26)11-12-22(21)30)16-24(31,25(27,28)29)15-17-7-6-10-19(13-17)18-8-4-3-5-9-18/h3-14,30-31H,15-16H2,1-2H3. The maximum Gasteiger partial charge on any atom is 0.417 e. The van der Waals surface area contributed by atoms with E-state index in [4.69, 9.17) is 0 Å². The second-order valence-electron chi connectivity index (χ2n) is 8.49. The van der Waals surface area contributed by atoms with Crippen molar-refractivity contribution in [2.24, 2.45) is 0 Å². The molecule has 0 aliphatic rings. The van der Waals surface area contributed by atoms with Gasteiger partial charge in [0, 0.05) is 12.0 Å². The van der Waals surface area contributed by atoms with E-state index >= 15 is 0 Å². The lowest BCUT2D eigenvalue weighted by atomic mass is 9.72. The summed E-state index contributed by atoms with van der Waals surface area (Å²) in [7, 11) is 0. The first-order chi connectivity index (χ1) is 14.4. The van der Waals surface area contributed by atoms with E-state index in [1.165, 1.54) is 19.9 Å². The fourth-order valence-corrected chi connectivity index (χ4v) is 3.97. The summed E-state index contributed by atoms with van der Waals surface area (Å²) in [6.07, 6.45) is -6.36. The molecule has 31 heavy (non-hydrogen) atoms. The van der Waals surface area contributed by atoms with Crippen molar-refractivity contribution in [3.63, 3.8) is 0 Å². The molecule has 1 unspecified atom stereocenters. The normalized spacial score (nSPS) is 14.3. The topological polar surface area (TPSA) is 40.5 Å². The molecule has 0 amide bonds. The molecule has 0 aliphatic heterocycles. The fraction of sp³-hybridized carbons (Fsp3) is 0.280. The van der Waals surface area contributed by atoms with Gasteiger partial charge in [0.2, 0.25) is 0 Å². The van der Waals surface area contributed by atoms with Crippen LogP contribution in [0, 0.1) is 5.82 Å². The first kappa shape index (κ1) is 22.8. The molecular weight excluding hydrogens is 408 g/mol. The first-order valence-corrected chi connectivity index (χ1v) is 9.84. The Morgan fingerprint density at radius 1 is 0.806 bits per heavy atom. The zero-order chi connectivity index (χ0) is 22.9. The molecule has 0 saturated carbocycles. The smallest absolute Gasteiger partial charge is 0.417 e. The SMILES string of the molecule is CC(C)(CC(O)(Cc1cccc(-c2ccccc2)c1)C(F)(F)F)c1cc(F)ccc1O. The molecule has 164 valence electrons. The van der Waals surface area contributed by atoms with Gasteiger partial charge in [-0.25, -0.2) is 4.39 Å². The van der Waals surface area contributed by atoms with Crippen LogP contribution in [0.15, 0.2) is 72.8 Å². The molecule has 1 atom stereocenters. The Kier molecular flexibility index (Phi) is 6.14. The Morgan fingerprint density at radius 2 is 1.45 bits per heavy atom. The van der Waals surface area contributed by atoms with Crippen LogP contribution in [0.5, 0.6) is 5.75 Å². The summed E-state index contributed by atoms with van der Waals surface area (Å²) < 4.78 is 55.9. The highest BCUT2D eigenvalue weighted by atomic mass is 19.4. The van der Waals surface area contributed by atoms with Crippen LogP contribution < -0.4 is 0 Å². The molecule has 0 radical (unpaired) electrons. The summed E-state index contributed by atoms with van der Waals surface area (Å²) in [5, 5.41) is 20.9. The molecule has 3 rings (SSSR count). The van der Waals surface area contributed by atoms with E-state index in [-0.39, 0.29) is 11.3 Å². The number of phenols is 1. The van der Waals surface area contributed by atoms with Crippen molar-refractivity contribution in [3.8, 4) is 16.9 Å². The molecule has 6 heteroatoms. The van der Waals surface area contributed by atoms with Crippen molar-refractivity contribution in [2.45, 2.75) is 43.9 Å². The molecule has 3 aromatic carbocycles. The van der Waals surface area contributed by atoms with Crippen LogP contribution in [0.2, 0.25) is 0 Å². The molecule has 0 aliphatic carbocycles. The second-order valence-corrected chi connectivity index (χ2v) is 8.49. The van der Waals surface area contributed by atoms with Crippen LogP contribution >= 0.6 is 0 Å². The summed E-state index contributed by atoms with van der Waals surface area (Å²) in [5.74, 6) is -0.992. The van der Waals surface area contributed by atoms with Gasteiger partial charge in [0.1, 0.15) is 11.6 Å². The highest BCUT2D eigenvalue weighted by Gasteiger charge is 2.56. The lowest BCUT2D eigenvalue weighted by molar-refractivity contribution is -0.266. The maximum absolute atomic E-state index is 14.1. The number of rotatable bonds is 6. The summed E-state index contributed by atoms with van der Waals surface area (Å²) >= 11 is 0. The van der Waals surface area contributed by atoms with E-state index in [0.717, 1.165) is 29.3 Å². The minimum atomic E-state index is -4.93. The fourth-order valence-electron chi connectivity index (χ4n) is 3.97. The largest absolute Gasteiger partial charge is 0.508 e. The Balaban J connectivity index is 1.96. The number of phenolic OH excluding ortho intramolecular Hbond substituents is 1. The Bertz CT molecular complexity index is 1040. The van der Waals surface area contributed by atoms with Crippen LogP contribution in [0.4, 0.5) is 17.6 Å². The summed E-state index contributed by atoms with van der Waals surface area (Å²) in [4.78, 5) is 0. The van der Waals surface area contributed by atoms with E-state index in [2.05, 4.69) is 0 Å². The van der Waals surface area contributed by atoms with Gasteiger partial charge in [0.05, 0.1) is 0 Å². The highest BCUT2D eigenvalue weighted by molar-refractivity contribution is 5.64. The minimum absolute atomic E-state index is 0.00760. The van der Waals surface area contributed by atoms with Crippen molar-refractivity contribution in [1.82, 2.24) is 0 Å². The molecule has 0 spiro atoms. The molecular formula is C25H24F4O2. The van der Waals surface area contributed by atoms with Crippen molar-refractivity contribution in [1.29, 1.82) is 0 Å². The first-order valence-electron chi connectivity index (χ1n) is 9.84. The van der Waals surface area contributed by atoms with Crippen molar-refractivity contribution < 1.29 is 27.8 Å². The van der Waals surface area contributed by atoms with Gasteiger partial charge in [0.25, 0.3) is 0 Å². The maximum atomic E-state index is 14.1. The van der Waals surface area contributed by atoms with E-state index in [1.807, 2.05) is 30.3 Å². The number of hydrogen-bond acceptors (Lipinski definition) is 2. The second kappa shape index (κ2) is 8.35. The average molecular weight is 432 g/mol. The van der Waals surface area contributed by atoms with Crippen LogP contribution in [0.3, 0.4) is 0 Å². The summed E-state index contributed by atoms with van der Waals surface area (Å²) in [6.45, 7) is 2.89. The number of halogens is 4. The number of benzene rings is 3. The molecule has 0 fully saturated rings. The monoisotopic (exact) mass is 432 g/mol. The van der Waals surface area contributed by atoms with Gasteiger partial charge in [-0.3, -0.25) is 0 Å². The molecule has 0 heterocycles. The summed E-state index contributed by atoms with van der Waals surface area (Å²) in [6, 6.07) is 19.0. The van der Waals surface area contributed by atoms with Gasteiger partial charge in [-0.05, 0) is 46.7 Å². The zero-order valence-electron chi connectivity index (χ0n) is 17.2. The lowest BCUT2D eigenvalue weighted by Gasteiger charge is -2.38. The van der Waals surface area contributed by atoms with E-state index in [0.29, 0.717) is 5.56 Å². The molecule has 2 N–H and O–H groups in total. The Morgan fingerprint density at radius 3 is 2.10 bits per heavy atom. The lowest BCUT2D eigenvalue weighted by Crippen LogP contribution is -2.50. The van der Waals surface area contributed by atoms with Crippen molar-refractivity contribution in [2.75, 3.05) is 0 Å². The number of alkyl halides is 3. The quantitative estimate of drug-likeness (QED) is 0.443. The van der Waals surface area contributed by atoms with Gasteiger partial charge in [-0.2, -0.15) is 13.2 Å². The third-order valence-electron chi connectivity index (χ3n) is 5.48. The number of hydrogen-bond donors (Lipinski definition) is 2. The average Bonchev–Trinajstić information content (AvgIpc) is 2.69. The molecule has 0 saturated heterocycles. The van der Waals surface area contributed by atoms with Crippen LogP contribution in [0.1, 0.15) is 31.4 Å². The van der Waals surface area contributed by atoms with E-state index in [1.54, 1.807) is 18.2 Å². The number of aromatic hydroxyl groups is 1. The van der Waals surface area contributed by atoms with Crippen molar-refractivity contribution >= 4 is 0 Å². The van der Waals surface area contributed by atoms with Crippen molar-refractivity contribution in [3.05, 3.63) is 89.7 Å². The van der Waals surface area contributed by atoms with E-state index < -0.39 is 35.9 Å². The van der Waals surface area contributed by atoms with Gasteiger partial charge in [-0.1, -0.05) is 68.4 Å². The summed E-state index contributed by atoms with van der Waals surface area (Å²) in [5.41, 5.74) is -2.51. The van der Waals surface area contributed by atoms with Gasteiger partial charge in [0.15, 0.2) is 5.60 Å². The van der Waals surface area contributed by atoms with Crippen LogP contribution in [-0.4, -0.2) is 22.0 Å². The molecule has 3 aromatic rings. The molecule has 0 bridgehead atoms. The third-order valence-corrected chi connectivity index (χ3v) is 5.48. The molecule has 2 nitrogen and oxygen atoms in total. The third kappa shape index (κ3) is 5.07. The zero-order valence-corrected chi connectivity index (χ0v) is 17.2. The number of aliphatic hydroxyl groups is 1. The van der Waals surface area contributed by atoms with Crippen LogP contribution in [-0.2, 0) is 11.8 Å². The minimum Gasteiger partial charge on any atom is -0.508 e. The molecule has 0 aromatic heterocycles. The van der Waals surface area contributed by atoms with Gasteiger partial charge >= 0.3 is 6.18 Å². The van der Waals surface area contributed by atoms with Crippen LogP contribution in [0.25, 0.3) is 11.1 Å². The predicted molar refractivity (Wildman–Crippen MR) is 112 cm³/mol. The predicted octanol–water partition coefficient (Wildman–Crippen LogP) is 6.40. The van der Waals surface area contributed by atoms with Gasteiger partial charge in [-0.15, -0.1) is 0 Å². The Labute approximate surface area is 178 Å². The van der Waals surface area contributed by atoms with E-state index in [9.17, 15) is 27.8 Å².